The van der Waals surface area contributed by atoms with E-state index in [4.69, 9.17) is 0 Å². The van der Waals surface area contributed by atoms with Crippen molar-refractivity contribution in [2.45, 2.75) is 0 Å². The summed E-state index contributed by atoms with van der Waals surface area (Å²) in [6.07, 6.45) is 5.65. The molecule has 0 saturated carbocycles. The molecule has 0 N–H and O–H groups in total. The van der Waals surface area contributed by atoms with Crippen LogP contribution in [0.4, 0.5) is 0 Å². The van der Waals surface area contributed by atoms with Crippen LogP contribution in [0.3, 0.4) is 0 Å². The van der Waals surface area contributed by atoms with Gasteiger partial charge in [0.2, 0.25) is 0 Å². The molecule has 0 aliphatic rings. The molecule has 0 fully saturated rings. The standard InChI is InChI=1S/C36H24N2.C13H12N.2C12H10N.Ir/c1-5-13-33-29(9-1)30-10-2-6-14-34(30)37(33)27-21-17-25(18-22-27)26-19-23-28(24-20-26)38-35-15-7-3-11-31(35)32-12-4-8-16-36(32)38;1-11-7-3-4-8-12(11)13-9-5-6-10-14(13)2;1-10-6-2-3-7-11(10)12-8-4-5-9-13-12;1-13-10-6-5-9-12(13)11-7-3-2-4-8-11;/h1-24H;3-10H,1-2H2;2-9H,1H2;2-7,9-10H,1H2;/q;3*-1;. The van der Waals surface area contributed by atoms with Gasteiger partial charge in [-0.05, 0) is 77.9 Å². The van der Waals surface area contributed by atoms with Crippen LogP contribution < -0.4 is 9.13 Å². The van der Waals surface area contributed by atoms with Crippen LogP contribution in [0.1, 0.15) is 11.1 Å². The van der Waals surface area contributed by atoms with E-state index >= 15 is 0 Å². The predicted octanol–water partition coefficient (Wildman–Crippen LogP) is 17.0. The van der Waals surface area contributed by atoms with E-state index in [2.05, 4.69) is 200 Å². The van der Waals surface area contributed by atoms with Crippen molar-refractivity contribution in [1.82, 2.24) is 14.1 Å². The first-order chi connectivity index (χ1) is 38.4. The second kappa shape index (κ2) is 24.4. The third-order valence-electron chi connectivity index (χ3n) is 13.9. The Morgan fingerprint density at radius 1 is 0.354 bits per heavy atom. The minimum absolute atomic E-state index is 0. The van der Waals surface area contributed by atoms with Crippen molar-refractivity contribution < 1.29 is 29.2 Å². The summed E-state index contributed by atoms with van der Waals surface area (Å²) in [5.74, 6) is 0. The number of aromatic nitrogens is 5. The Kier molecular flexibility index (Phi) is 16.3. The molecule has 5 nitrogen and oxygen atoms in total. The summed E-state index contributed by atoms with van der Waals surface area (Å²) >= 11 is 0. The Labute approximate surface area is 477 Å². The van der Waals surface area contributed by atoms with Crippen LogP contribution in [0.2, 0.25) is 0 Å². The van der Waals surface area contributed by atoms with E-state index in [1.54, 1.807) is 6.20 Å². The largest absolute Gasteiger partial charge is 0.343 e. The summed E-state index contributed by atoms with van der Waals surface area (Å²) in [5.41, 5.74) is 18.2. The van der Waals surface area contributed by atoms with Gasteiger partial charge in [0.05, 0.1) is 40.2 Å². The molecule has 6 heteroatoms. The number of hydrogen-bond donors (Lipinski definition) is 0. The summed E-state index contributed by atoms with van der Waals surface area (Å²) < 4.78 is 8.41. The zero-order valence-corrected chi connectivity index (χ0v) is 46.0. The van der Waals surface area contributed by atoms with E-state index in [-0.39, 0.29) is 20.1 Å². The topological polar surface area (TPSA) is 30.5 Å². The number of pyridine rings is 3. The van der Waals surface area contributed by atoms with Gasteiger partial charge in [0.1, 0.15) is 5.69 Å². The van der Waals surface area contributed by atoms with Gasteiger partial charge in [-0.25, -0.2) is 0 Å². The molecule has 14 aromatic rings. The van der Waals surface area contributed by atoms with E-state index in [0.717, 1.165) is 44.9 Å². The molecule has 0 spiro atoms. The van der Waals surface area contributed by atoms with Crippen LogP contribution in [0, 0.1) is 34.0 Å². The van der Waals surface area contributed by atoms with Crippen LogP contribution in [0.25, 0.3) is 99.9 Å². The number of hydrogen-bond acceptors (Lipinski definition) is 1. The van der Waals surface area contributed by atoms with E-state index < -0.39 is 0 Å². The van der Waals surface area contributed by atoms with Gasteiger partial charge in [-0.2, -0.15) is 37.1 Å². The first kappa shape index (κ1) is 52.6. The number of fused-ring (bicyclic) bond motifs is 6. The molecule has 5 heterocycles. The van der Waals surface area contributed by atoms with Crippen molar-refractivity contribution >= 4 is 43.6 Å². The fourth-order valence-corrected chi connectivity index (χ4v) is 10.1. The minimum atomic E-state index is 0. The molecule has 0 saturated heterocycles. The Balaban J connectivity index is 0.000000140. The molecule has 0 amide bonds. The number of benzene rings is 9. The molecular weight excluding hydrogens is 1140 g/mol. The summed E-state index contributed by atoms with van der Waals surface area (Å²) in [5, 5.41) is 5.14. The molecule has 14 rings (SSSR count). The van der Waals surface area contributed by atoms with E-state index in [1.807, 2.05) is 143 Å². The fourth-order valence-electron chi connectivity index (χ4n) is 10.1. The molecule has 0 aliphatic carbocycles. The van der Waals surface area contributed by atoms with Crippen LogP contribution >= 0.6 is 0 Å². The van der Waals surface area contributed by atoms with Crippen molar-refractivity contribution in [3.63, 3.8) is 0 Å². The van der Waals surface area contributed by atoms with Crippen molar-refractivity contribution in [2.75, 3.05) is 0 Å². The third-order valence-corrected chi connectivity index (χ3v) is 13.9. The van der Waals surface area contributed by atoms with E-state index in [9.17, 15) is 0 Å². The summed E-state index contributed by atoms with van der Waals surface area (Å²) in [6.45, 7) is 7.95. The Bertz CT molecular complexity index is 3910. The molecule has 9 aromatic carbocycles. The number of para-hydroxylation sites is 4. The average molecular weight is 1200 g/mol. The maximum atomic E-state index is 4.27. The molecule has 385 valence electrons. The van der Waals surface area contributed by atoms with Gasteiger partial charge in [0.25, 0.3) is 0 Å². The van der Waals surface area contributed by atoms with Crippen LogP contribution in [-0.4, -0.2) is 14.1 Å². The summed E-state index contributed by atoms with van der Waals surface area (Å²) in [4.78, 5) is 4.27. The molecule has 1 radical (unpaired) electrons. The summed E-state index contributed by atoms with van der Waals surface area (Å²) in [6, 6.07) is 97.4. The second-order valence-corrected chi connectivity index (χ2v) is 18.8. The van der Waals surface area contributed by atoms with Gasteiger partial charge >= 0.3 is 0 Å². The SMILES string of the molecule is [CH2-][n+]1ccccc1-c1[c-]cccc1.[CH2-]c1ccccc1-c1cccc[n+]1[CH2-].[CH2-]c1ccccc1-c1ccccn1.[Ir].c1ccc2c(c1)c1ccccc1n2-c1ccc(-c2ccc(-n3c4ccccc4c4ccccc43)cc2)cc1. The monoisotopic (exact) mass is 1200 g/mol. The van der Waals surface area contributed by atoms with Crippen LogP contribution in [0.5, 0.6) is 0 Å². The molecule has 0 aliphatic heterocycles. The van der Waals surface area contributed by atoms with Gasteiger partial charge in [-0.1, -0.05) is 151 Å². The molecular formula is C73H56IrN5-3. The fraction of sp³-hybridized carbons (Fsp3) is 0. The molecule has 79 heavy (non-hydrogen) atoms. The number of rotatable bonds is 6. The maximum Gasteiger partial charge on any atom is 0.115 e. The third kappa shape index (κ3) is 11.3. The Morgan fingerprint density at radius 3 is 1.16 bits per heavy atom. The normalized spacial score (nSPS) is 10.6. The first-order valence-electron chi connectivity index (χ1n) is 25.9. The van der Waals surface area contributed by atoms with Crippen molar-refractivity contribution in [3.05, 3.63) is 337 Å². The van der Waals surface area contributed by atoms with Crippen LogP contribution in [-0.2, 0) is 20.1 Å². The van der Waals surface area contributed by atoms with Gasteiger partial charge in [0, 0.05) is 79.0 Å². The molecule has 0 atom stereocenters. The van der Waals surface area contributed by atoms with Crippen molar-refractivity contribution in [1.29, 1.82) is 0 Å². The van der Waals surface area contributed by atoms with Gasteiger partial charge in [-0.15, -0.1) is 65.7 Å². The van der Waals surface area contributed by atoms with Crippen molar-refractivity contribution in [3.8, 4) is 56.3 Å². The Morgan fingerprint density at radius 2 is 0.747 bits per heavy atom. The first-order valence-corrected chi connectivity index (χ1v) is 25.9. The molecule has 0 bridgehead atoms. The molecule has 5 aromatic heterocycles. The number of nitrogens with zero attached hydrogens (tertiary/aromatic N) is 5. The van der Waals surface area contributed by atoms with Crippen LogP contribution in [0.15, 0.2) is 292 Å². The van der Waals surface area contributed by atoms with Gasteiger partial charge in [0.15, 0.2) is 0 Å². The maximum absolute atomic E-state index is 4.27. The minimum Gasteiger partial charge on any atom is -0.343 e. The van der Waals surface area contributed by atoms with Gasteiger partial charge in [-0.3, -0.25) is 4.98 Å². The predicted molar refractivity (Wildman–Crippen MR) is 324 cm³/mol. The van der Waals surface area contributed by atoms with E-state index in [1.165, 1.54) is 66.1 Å². The van der Waals surface area contributed by atoms with E-state index in [0.29, 0.717) is 0 Å². The quantitative estimate of drug-likeness (QED) is 0.121. The van der Waals surface area contributed by atoms with Crippen molar-refractivity contribution in [2.24, 2.45) is 0 Å². The second-order valence-electron chi connectivity index (χ2n) is 18.8. The average Bonchev–Trinajstić information content (AvgIpc) is 4.19. The van der Waals surface area contributed by atoms with Gasteiger partial charge < -0.3 is 18.3 Å². The Hall–Kier alpha value is -9.84. The zero-order valence-electron chi connectivity index (χ0n) is 43.6. The smallest absolute Gasteiger partial charge is 0.115 e. The molecule has 0 unspecified atom stereocenters. The summed E-state index contributed by atoms with van der Waals surface area (Å²) in [7, 11) is 7.82. The zero-order chi connectivity index (χ0) is 53.2.